The molecule has 0 aromatic carbocycles. The van der Waals surface area contributed by atoms with Gasteiger partial charge in [0.1, 0.15) is 0 Å². The van der Waals surface area contributed by atoms with Gasteiger partial charge in [0.2, 0.25) is 0 Å². The van der Waals surface area contributed by atoms with Gasteiger partial charge in [-0.15, -0.1) is 0 Å². The molecule has 3 heteroatoms. The third-order valence-corrected chi connectivity index (χ3v) is 1.34. The van der Waals surface area contributed by atoms with Gasteiger partial charge in [-0.3, -0.25) is 0 Å². The summed E-state index contributed by atoms with van der Waals surface area (Å²) in [6.45, 7) is 10.1. The Labute approximate surface area is 87.9 Å². The van der Waals surface area contributed by atoms with E-state index < -0.39 is 0 Å². The second-order valence-electron chi connectivity index (χ2n) is 1.62. The van der Waals surface area contributed by atoms with Crippen LogP contribution in [0.25, 0.3) is 0 Å². The molecular weight excluding hydrogens is 142 g/mol. The van der Waals surface area contributed by atoms with Crippen LogP contribution in [0.5, 0.6) is 0 Å². The van der Waals surface area contributed by atoms with Crippen LogP contribution in [-0.4, -0.2) is 67.7 Å². The van der Waals surface area contributed by atoms with Crippen LogP contribution < -0.4 is 0 Å². The van der Waals surface area contributed by atoms with Gasteiger partial charge in [0.05, 0.1) is 0 Å². The first-order chi connectivity index (χ1) is 3.35. The standard InChI is InChI=1S/C6H15N.Ca.H2O.2H/c1-4-7(5-2)6-3;;;;/h4-6H2,1-3H3;;1H2;;. The van der Waals surface area contributed by atoms with Crippen molar-refractivity contribution in [3.05, 3.63) is 0 Å². The summed E-state index contributed by atoms with van der Waals surface area (Å²) in [4.78, 5) is 2.38. The predicted octanol–water partition coefficient (Wildman–Crippen LogP) is -0.393. The fraction of sp³-hybridized carbons (Fsp3) is 1.00. The quantitative estimate of drug-likeness (QED) is 0.519. The molecule has 0 spiro atoms. The van der Waals surface area contributed by atoms with Crippen molar-refractivity contribution in [3.8, 4) is 0 Å². The molecule has 9 heavy (non-hydrogen) atoms. The molecule has 0 unspecified atom stereocenters. The predicted molar refractivity (Wildman–Crippen MR) is 45.6 cm³/mol. The summed E-state index contributed by atoms with van der Waals surface area (Å²) in [6, 6.07) is 0. The Morgan fingerprint density at radius 2 is 1.11 bits per heavy atom. The van der Waals surface area contributed by atoms with E-state index in [4.69, 9.17) is 0 Å². The zero-order valence-corrected chi connectivity index (χ0v) is 6.07. The number of nitrogens with zero attached hydrogens (tertiary/aromatic N) is 1. The van der Waals surface area contributed by atoms with Crippen molar-refractivity contribution in [2.75, 3.05) is 19.6 Å². The molecule has 0 aromatic rings. The van der Waals surface area contributed by atoms with E-state index in [-0.39, 0.29) is 43.2 Å². The van der Waals surface area contributed by atoms with Gasteiger partial charge >= 0.3 is 37.7 Å². The van der Waals surface area contributed by atoms with Crippen LogP contribution in [0.2, 0.25) is 0 Å². The average Bonchev–Trinajstić information content (AvgIpc) is 1.72. The van der Waals surface area contributed by atoms with Crippen molar-refractivity contribution >= 4 is 37.7 Å². The van der Waals surface area contributed by atoms with E-state index in [1.54, 1.807) is 0 Å². The number of hydrogen-bond acceptors (Lipinski definition) is 1. The normalized spacial score (nSPS) is 8.00. The fourth-order valence-corrected chi connectivity index (χ4v) is 0.671. The maximum absolute atomic E-state index is 2.38. The van der Waals surface area contributed by atoms with Crippen LogP contribution in [0, 0.1) is 0 Å². The molecule has 2 nitrogen and oxygen atoms in total. The Hall–Kier alpha value is 1.18. The van der Waals surface area contributed by atoms with Crippen LogP contribution in [-0.2, 0) is 0 Å². The minimum absolute atomic E-state index is 0. The SMILES string of the molecule is CCN(CC)CC.O.[CaH2]. The van der Waals surface area contributed by atoms with Gasteiger partial charge in [0.25, 0.3) is 0 Å². The third-order valence-electron chi connectivity index (χ3n) is 1.34. The Balaban J connectivity index is -0.000000180. The molecule has 0 rings (SSSR count). The van der Waals surface area contributed by atoms with Crippen LogP contribution in [0.3, 0.4) is 0 Å². The van der Waals surface area contributed by atoms with Crippen LogP contribution >= 0.6 is 0 Å². The Morgan fingerprint density at radius 3 is 1.11 bits per heavy atom. The Morgan fingerprint density at radius 1 is 0.889 bits per heavy atom. The van der Waals surface area contributed by atoms with E-state index >= 15 is 0 Å². The number of rotatable bonds is 3. The first-order valence-electron chi connectivity index (χ1n) is 3.07. The molecule has 0 heterocycles. The summed E-state index contributed by atoms with van der Waals surface area (Å²) in [5.74, 6) is 0. The second kappa shape index (κ2) is 11.9. The summed E-state index contributed by atoms with van der Waals surface area (Å²) in [7, 11) is 0. The molecule has 0 aromatic heterocycles. The van der Waals surface area contributed by atoms with E-state index in [9.17, 15) is 0 Å². The van der Waals surface area contributed by atoms with E-state index in [0.29, 0.717) is 0 Å². The van der Waals surface area contributed by atoms with E-state index in [1.165, 1.54) is 19.6 Å². The molecule has 0 saturated carbocycles. The van der Waals surface area contributed by atoms with Crippen LogP contribution in [0.4, 0.5) is 0 Å². The van der Waals surface area contributed by atoms with Crippen molar-refractivity contribution in [2.45, 2.75) is 20.8 Å². The molecule has 0 atom stereocenters. The van der Waals surface area contributed by atoms with Crippen LogP contribution in [0.15, 0.2) is 0 Å². The first-order valence-corrected chi connectivity index (χ1v) is 3.07. The molecule has 2 N–H and O–H groups in total. The second-order valence-corrected chi connectivity index (χ2v) is 1.62. The first kappa shape index (κ1) is 16.6. The van der Waals surface area contributed by atoms with Crippen LogP contribution in [0.1, 0.15) is 20.8 Å². The molecule has 0 aliphatic rings. The summed E-state index contributed by atoms with van der Waals surface area (Å²) in [5, 5.41) is 0. The average molecular weight is 161 g/mol. The fourth-order valence-electron chi connectivity index (χ4n) is 0.671. The zero-order valence-electron chi connectivity index (χ0n) is 6.07. The van der Waals surface area contributed by atoms with Crippen molar-refractivity contribution in [3.63, 3.8) is 0 Å². The van der Waals surface area contributed by atoms with Gasteiger partial charge in [0, 0.05) is 0 Å². The summed E-state index contributed by atoms with van der Waals surface area (Å²) in [5.41, 5.74) is 0. The van der Waals surface area contributed by atoms with Crippen molar-refractivity contribution < 1.29 is 5.48 Å². The molecule has 0 radical (unpaired) electrons. The topological polar surface area (TPSA) is 34.7 Å². The molecule has 0 bridgehead atoms. The molecule has 0 saturated heterocycles. The zero-order chi connectivity index (χ0) is 5.70. The number of hydrogen-bond donors (Lipinski definition) is 0. The monoisotopic (exact) mass is 161 g/mol. The Bertz CT molecular complexity index is 34.5. The molecular formula is C6H19CaNO. The van der Waals surface area contributed by atoms with Gasteiger partial charge in [-0.1, -0.05) is 20.8 Å². The molecule has 0 fully saturated rings. The van der Waals surface area contributed by atoms with Gasteiger partial charge in [0.15, 0.2) is 0 Å². The molecule has 0 aliphatic heterocycles. The molecule has 56 valence electrons. The van der Waals surface area contributed by atoms with E-state index in [1.807, 2.05) is 0 Å². The van der Waals surface area contributed by atoms with Gasteiger partial charge < -0.3 is 10.4 Å². The van der Waals surface area contributed by atoms with Crippen molar-refractivity contribution in [2.24, 2.45) is 0 Å². The Kier molecular flexibility index (Phi) is 22.0. The van der Waals surface area contributed by atoms with Gasteiger partial charge in [-0.2, -0.15) is 0 Å². The summed E-state index contributed by atoms with van der Waals surface area (Å²) in [6.07, 6.45) is 0. The third kappa shape index (κ3) is 9.18. The molecule has 0 aliphatic carbocycles. The van der Waals surface area contributed by atoms with E-state index in [2.05, 4.69) is 25.7 Å². The summed E-state index contributed by atoms with van der Waals surface area (Å²) < 4.78 is 0. The van der Waals surface area contributed by atoms with Crippen molar-refractivity contribution in [1.29, 1.82) is 0 Å². The minimum atomic E-state index is 0. The van der Waals surface area contributed by atoms with E-state index in [0.717, 1.165) is 0 Å². The molecule has 0 amide bonds. The van der Waals surface area contributed by atoms with Crippen molar-refractivity contribution in [1.82, 2.24) is 4.90 Å². The summed E-state index contributed by atoms with van der Waals surface area (Å²) >= 11 is 0. The maximum atomic E-state index is 2.38. The van der Waals surface area contributed by atoms with Gasteiger partial charge in [-0.05, 0) is 19.6 Å². The van der Waals surface area contributed by atoms with Gasteiger partial charge in [-0.25, -0.2) is 0 Å².